The van der Waals surface area contributed by atoms with Crippen LogP contribution in [0.1, 0.15) is 52.9 Å². The van der Waals surface area contributed by atoms with Crippen molar-refractivity contribution in [1.82, 2.24) is 9.80 Å². The Kier molecular flexibility index (Phi) is 6.97. The molecule has 33 heavy (non-hydrogen) atoms. The van der Waals surface area contributed by atoms with Gasteiger partial charge in [-0.15, -0.1) is 11.8 Å². The molecule has 0 aromatic carbocycles. The third kappa shape index (κ3) is 3.93. The van der Waals surface area contributed by atoms with Crippen LogP contribution in [0.3, 0.4) is 0 Å². The van der Waals surface area contributed by atoms with Crippen LogP contribution in [0.25, 0.3) is 0 Å². The lowest BCUT2D eigenvalue weighted by Crippen LogP contribution is -2.55. The molecule has 4 rings (SSSR count). The number of aliphatic hydroxyl groups is 1. The molecular formula is C25H36N2O5S. The number of carbonyl (C=O) groups excluding carboxylic acids is 3. The van der Waals surface area contributed by atoms with Gasteiger partial charge in [0.2, 0.25) is 11.8 Å². The Morgan fingerprint density at radius 1 is 1.18 bits per heavy atom. The number of esters is 1. The molecule has 0 saturated carbocycles. The van der Waals surface area contributed by atoms with E-state index < -0.39 is 27.4 Å². The Balaban J connectivity index is 1.83. The number of rotatable bonds is 5. The van der Waals surface area contributed by atoms with Crippen molar-refractivity contribution in [3.05, 3.63) is 24.3 Å². The Hall–Kier alpha value is -1.80. The average molecular weight is 477 g/mol. The number of aliphatic hydroxyl groups excluding tert-OH is 1. The van der Waals surface area contributed by atoms with E-state index in [0.717, 1.165) is 32.1 Å². The number of hydrogen-bond acceptors (Lipinski definition) is 6. The number of likely N-dealkylation sites (tertiary alicyclic amines) is 1. The zero-order valence-electron chi connectivity index (χ0n) is 19.9. The van der Waals surface area contributed by atoms with E-state index in [0.29, 0.717) is 13.2 Å². The Morgan fingerprint density at radius 2 is 1.97 bits per heavy atom. The summed E-state index contributed by atoms with van der Waals surface area (Å²) in [6, 6.07) is -0.708. The highest BCUT2D eigenvalue weighted by molar-refractivity contribution is 8.02. The predicted molar refractivity (Wildman–Crippen MR) is 127 cm³/mol. The van der Waals surface area contributed by atoms with E-state index >= 15 is 0 Å². The highest BCUT2D eigenvalue weighted by Gasteiger charge is 2.73. The second kappa shape index (κ2) is 9.45. The maximum atomic E-state index is 14.0. The molecule has 2 saturated heterocycles. The van der Waals surface area contributed by atoms with Crippen LogP contribution in [-0.4, -0.2) is 80.6 Å². The topological polar surface area (TPSA) is 87.2 Å². The monoisotopic (exact) mass is 476 g/mol. The van der Waals surface area contributed by atoms with Gasteiger partial charge < -0.3 is 19.6 Å². The highest BCUT2D eigenvalue weighted by Crippen LogP contribution is 2.65. The summed E-state index contributed by atoms with van der Waals surface area (Å²) < 4.78 is 4.12. The number of hydrogen-bond donors (Lipinski definition) is 1. The molecule has 4 aliphatic rings. The summed E-state index contributed by atoms with van der Waals surface area (Å²) in [5.74, 6) is -2.09. The molecule has 8 heteroatoms. The number of nitrogens with zero attached hydrogens (tertiary/aromatic N) is 2. The van der Waals surface area contributed by atoms with Gasteiger partial charge in [0.15, 0.2) is 0 Å². The first-order chi connectivity index (χ1) is 15.8. The lowest BCUT2D eigenvalue weighted by atomic mass is 9.74. The molecule has 4 heterocycles. The Bertz CT molecular complexity index is 860. The summed E-state index contributed by atoms with van der Waals surface area (Å²) in [5.41, 5.74) is 0. The summed E-state index contributed by atoms with van der Waals surface area (Å²) in [6.45, 7) is 6.80. The van der Waals surface area contributed by atoms with Gasteiger partial charge in [0, 0.05) is 23.9 Å². The van der Waals surface area contributed by atoms with Gasteiger partial charge in [0.05, 0.1) is 29.8 Å². The van der Waals surface area contributed by atoms with E-state index in [1.165, 1.54) is 4.90 Å². The fourth-order valence-corrected chi connectivity index (χ4v) is 8.29. The molecule has 182 valence electrons. The minimum absolute atomic E-state index is 0.0416. The van der Waals surface area contributed by atoms with Crippen molar-refractivity contribution in [1.29, 1.82) is 0 Å². The summed E-state index contributed by atoms with van der Waals surface area (Å²) in [7, 11) is 0. The fraction of sp³-hybridized carbons (Fsp3) is 0.720. The quantitative estimate of drug-likeness (QED) is 0.485. The molecule has 1 spiro atoms. The van der Waals surface area contributed by atoms with Crippen LogP contribution < -0.4 is 0 Å². The van der Waals surface area contributed by atoms with Gasteiger partial charge in [0.25, 0.3) is 0 Å². The van der Waals surface area contributed by atoms with Gasteiger partial charge in [-0.25, -0.2) is 0 Å². The lowest BCUT2D eigenvalue weighted by Gasteiger charge is -2.38. The summed E-state index contributed by atoms with van der Waals surface area (Å²) in [4.78, 5) is 44.6. The number of fused-ring (bicyclic) bond motifs is 2. The van der Waals surface area contributed by atoms with Crippen LogP contribution in [0.15, 0.2) is 24.3 Å². The first-order valence-electron chi connectivity index (χ1n) is 12.2. The normalized spacial score (nSPS) is 38.3. The minimum atomic E-state index is -0.874. The Morgan fingerprint density at radius 3 is 2.70 bits per heavy atom. The van der Waals surface area contributed by atoms with Crippen LogP contribution in [-0.2, 0) is 19.1 Å². The molecule has 0 bridgehead atoms. The van der Waals surface area contributed by atoms with Crippen molar-refractivity contribution >= 4 is 29.5 Å². The fourth-order valence-electron chi connectivity index (χ4n) is 6.13. The second-order valence-corrected chi connectivity index (χ2v) is 11.6. The largest absolute Gasteiger partial charge is 0.465 e. The zero-order valence-corrected chi connectivity index (χ0v) is 20.7. The SMILES string of the molecule is CCCC(C)N1CC=C[C@]23S[C@]4(C)/C=C\CCCCOC(=O)[C@@H]4[C@H]2C(=O)N(CCO)C3C1=O. The average Bonchev–Trinajstić information content (AvgIpc) is 3.08. The van der Waals surface area contributed by atoms with Crippen LogP contribution in [0.2, 0.25) is 0 Å². The summed E-state index contributed by atoms with van der Waals surface area (Å²) >= 11 is 1.55. The standard InChI is InChI=1S/C25H36N2O5S/c1-4-10-17(2)26-13-9-12-25-18(21(29)27(14-15-28)20(25)22(26)30)19-23(31)32-16-8-6-5-7-11-24(19,3)33-25/h7,9,11-12,17-20,28H,4-6,8,10,13-16H2,1-3H3/b11-7-/t17?,18-,19-,20?,24+,25-/m0/s1. The van der Waals surface area contributed by atoms with Gasteiger partial charge in [-0.2, -0.15) is 0 Å². The van der Waals surface area contributed by atoms with Crippen molar-refractivity contribution in [3.63, 3.8) is 0 Å². The third-order valence-electron chi connectivity index (χ3n) is 7.61. The molecule has 0 aromatic rings. The van der Waals surface area contributed by atoms with Gasteiger partial charge in [-0.3, -0.25) is 14.4 Å². The minimum Gasteiger partial charge on any atom is -0.465 e. The molecule has 4 aliphatic heterocycles. The maximum Gasteiger partial charge on any atom is 0.311 e. The van der Waals surface area contributed by atoms with E-state index in [9.17, 15) is 19.5 Å². The number of cyclic esters (lactones) is 1. The molecule has 2 unspecified atom stereocenters. The summed E-state index contributed by atoms with van der Waals surface area (Å²) in [6.07, 6.45) is 12.6. The van der Waals surface area contributed by atoms with Crippen LogP contribution >= 0.6 is 11.8 Å². The summed E-state index contributed by atoms with van der Waals surface area (Å²) in [5, 5.41) is 9.75. The van der Waals surface area contributed by atoms with E-state index in [2.05, 4.69) is 19.1 Å². The molecule has 0 aromatic heterocycles. The maximum absolute atomic E-state index is 14.0. The molecule has 0 aliphatic carbocycles. The molecule has 2 amide bonds. The Labute approximate surface area is 200 Å². The van der Waals surface area contributed by atoms with Crippen molar-refractivity contribution < 1.29 is 24.2 Å². The number of amides is 2. The van der Waals surface area contributed by atoms with Crippen molar-refractivity contribution in [3.8, 4) is 0 Å². The molecule has 6 atom stereocenters. The molecule has 2 fully saturated rings. The van der Waals surface area contributed by atoms with Gasteiger partial charge in [0.1, 0.15) is 6.04 Å². The number of thioether (sulfide) groups is 1. The van der Waals surface area contributed by atoms with Crippen molar-refractivity contribution in [2.75, 3.05) is 26.3 Å². The molecule has 7 nitrogen and oxygen atoms in total. The van der Waals surface area contributed by atoms with Crippen molar-refractivity contribution in [2.24, 2.45) is 11.8 Å². The first-order valence-corrected chi connectivity index (χ1v) is 13.1. The van der Waals surface area contributed by atoms with Gasteiger partial charge in [-0.1, -0.05) is 37.6 Å². The van der Waals surface area contributed by atoms with E-state index in [1.54, 1.807) is 11.8 Å². The number of β-amino-alcohol motifs (C(OH)–C–C–N with tert-alkyl or cyclic N) is 1. The third-order valence-corrected chi connectivity index (χ3v) is 9.41. The van der Waals surface area contributed by atoms with E-state index in [4.69, 9.17) is 4.74 Å². The van der Waals surface area contributed by atoms with Crippen LogP contribution in [0.5, 0.6) is 0 Å². The lowest BCUT2D eigenvalue weighted by molar-refractivity contribution is -0.154. The van der Waals surface area contributed by atoms with E-state index in [1.807, 2.05) is 30.9 Å². The molecule has 1 N–H and O–H groups in total. The number of carbonyl (C=O) groups is 3. The smallest absolute Gasteiger partial charge is 0.311 e. The van der Waals surface area contributed by atoms with Gasteiger partial charge in [-0.05, 0) is 39.5 Å². The number of ether oxygens (including phenoxy) is 1. The first kappa shape index (κ1) is 24.3. The molecule has 0 radical (unpaired) electrons. The van der Waals surface area contributed by atoms with Gasteiger partial charge >= 0.3 is 5.97 Å². The second-order valence-electron chi connectivity index (χ2n) is 9.85. The highest BCUT2D eigenvalue weighted by atomic mass is 32.2. The van der Waals surface area contributed by atoms with Crippen molar-refractivity contribution in [2.45, 2.75) is 74.5 Å². The zero-order chi connectivity index (χ0) is 23.8. The predicted octanol–water partition coefficient (Wildman–Crippen LogP) is 2.54. The van der Waals surface area contributed by atoms with Crippen LogP contribution in [0, 0.1) is 11.8 Å². The number of allylic oxidation sites excluding steroid dienone is 1. The van der Waals surface area contributed by atoms with E-state index in [-0.39, 0.29) is 37.0 Å². The molecular weight excluding hydrogens is 440 g/mol. The van der Waals surface area contributed by atoms with Crippen LogP contribution in [0.4, 0.5) is 0 Å².